The van der Waals surface area contributed by atoms with Crippen molar-refractivity contribution >= 4 is 11.9 Å². The number of carbonyl (C=O) groups excluding carboxylic acids is 1. The van der Waals surface area contributed by atoms with Gasteiger partial charge in [0.05, 0.1) is 11.5 Å². The molecule has 1 unspecified atom stereocenters. The average molecular weight is 463 g/mol. The molecule has 0 saturated heterocycles. The Hall–Kier alpha value is -2.66. The van der Waals surface area contributed by atoms with Gasteiger partial charge in [-0.3, -0.25) is 4.79 Å². The number of benzene rings is 2. The summed E-state index contributed by atoms with van der Waals surface area (Å²) in [5.41, 5.74) is 3.23. The van der Waals surface area contributed by atoms with Gasteiger partial charge in [0, 0.05) is 6.61 Å². The molecule has 2 aromatic rings. The molecule has 6 atom stereocenters. The number of aliphatic hydroxyl groups excluding tert-OH is 1. The summed E-state index contributed by atoms with van der Waals surface area (Å²) >= 11 is 0. The summed E-state index contributed by atoms with van der Waals surface area (Å²) in [4.78, 5) is 24.5. The molecule has 0 radical (unpaired) electrons. The van der Waals surface area contributed by atoms with Crippen molar-refractivity contribution in [2.24, 2.45) is 29.1 Å². The van der Waals surface area contributed by atoms with Crippen LogP contribution in [-0.4, -0.2) is 28.8 Å². The highest BCUT2D eigenvalue weighted by Gasteiger charge is 2.57. The largest absolute Gasteiger partial charge is 0.481 e. The van der Waals surface area contributed by atoms with Crippen LogP contribution < -0.4 is 4.74 Å². The number of carbonyl (C=O) groups is 2. The zero-order chi connectivity index (χ0) is 23.9. The Labute approximate surface area is 201 Å². The first-order valence-corrected chi connectivity index (χ1v) is 12.7. The minimum absolute atomic E-state index is 0.0298. The molecule has 2 saturated carbocycles. The van der Waals surface area contributed by atoms with Crippen molar-refractivity contribution in [3.63, 3.8) is 0 Å². The smallest absolute Gasteiger partial charge is 0.343 e. The molecule has 5 rings (SSSR count). The lowest BCUT2D eigenvalue weighted by molar-refractivity contribution is -0.147. The van der Waals surface area contributed by atoms with Crippen LogP contribution in [-0.2, 0) is 11.2 Å². The maximum Gasteiger partial charge on any atom is 0.343 e. The normalized spacial score (nSPS) is 30.5. The number of carboxylic acid groups (broad SMARTS) is 1. The van der Waals surface area contributed by atoms with E-state index in [1.54, 1.807) is 12.1 Å². The lowest BCUT2D eigenvalue weighted by atomic mass is 9.53. The number of carboxylic acids is 1. The Morgan fingerprint density at radius 3 is 2.62 bits per heavy atom. The zero-order valence-corrected chi connectivity index (χ0v) is 19.8. The summed E-state index contributed by atoms with van der Waals surface area (Å²) in [5.74, 6) is 0.781. The second-order valence-corrected chi connectivity index (χ2v) is 10.7. The van der Waals surface area contributed by atoms with Gasteiger partial charge in [0.25, 0.3) is 0 Å². The predicted molar refractivity (Wildman–Crippen MR) is 129 cm³/mol. The highest BCUT2D eigenvalue weighted by atomic mass is 16.5. The highest BCUT2D eigenvalue weighted by molar-refractivity contribution is 5.91. The van der Waals surface area contributed by atoms with Crippen LogP contribution in [0.15, 0.2) is 48.5 Å². The van der Waals surface area contributed by atoms with Gasteiger partial charge in [0.2, 0.25) is 0 Å². The van der Waals surface area contributed by atoms with Gasteiger partial charge in [0.15, 0.2) is 0 Å². The number of aliphatic carboxylic acids is 1. The van der Waals surface area contributed by atoms with E-state index in [1.165, 1.54) is 11.1 Å². The van der Waals surface area contributed by atoms with Crippen molar-refractivity contribution in [3.8, 4) is 5.75 Å². The summed E-state index contributed by atoms with van der Waals surface area (Å²) < 4.78 is 5.66. The van der Waals surface area contributed by atoms with Crippen LogP contribution >= 0.6 is 0 Å². The summed E-state index contributed by atoms with van der Waals surface area (Å²) in [7, 11) is 0. The molecule has 2 fully saturated rings. The third kappa shape index (κ3) is 3.94. The first-order valence-electron chi connectivity index (χ1n) is 12.7. The Bertz CT molecular complexity index is 1060. The Morgan fingerprint density at radius 1 is 1.09 bits per heavy atom. The van der Waals surface area contributed by atoms with Gasteiger partial charge < -0.3 is 14.9 Å². The first kappa shape index (κ1) is 23.1. The fourth-order valence-electron chi connectivity index (χ4n) is 7.70. The van der Waals surface area contributed by atoms with Gasteiger partial charge in [-0.15, -0.1) is 0 Å². The van der Waals surface area contributed by atoms with Gasteiger partial charge in [-0.25, -0.2) is 4.79 Å². The number of aryl methyl sites for hydroxylation is 1. The van der Waals surface area contributed by atoms with E-state index in [9.17, 15) is 19.8 Å². The molecule has 5 heteroatoms. The molecular weight excluding hydrogens is 428 g/mol. The molecule has 2 aromatic carbocycles. The number of aliphatic hydroxyl groups is 1. The topological polar surface area (TPSA) is 83.8 Å². The van der Waals surface area contributed by atoms with Gasteiger partial charge in [0.1, 0.15) is 5.75 Å². The molecule has 0 bridgehead atoms. The molecule has 0 amide bonds. The average Bonchev–Trinajstić information content (AvgIpc) is 3.19. The van der Waals surface area contributed by atoms with Crippen molar-refractivity contribution in [1.29, 1.82) is 0 Å². The number of esters is 1. The maximum atomic E-state index is 12.5. The monoisotopic (exact) mass is 462 g/mol. The third-order valence-electron chi connectivity index (χ3n) is 9.23. The molecule has 180 valence electrons. The van der Waals surface area contributed by atoms with Crippen LogP contribution in [0.2, 0.25) is 0 Å². The van der Waals surface area contributed by atoms with Gasteiger partial charge in [-0.2, -0.15) is 0 Å². The van der Waals surface area contributed by atoms with E-state index in [-0.39, 0.29) is 23.9 Å². The SMILES string of the molecule is C[C@]12CC[C@@H]3c4ccc(OC(=O)c5ccccc5)cc4CC[C@H]3[C@@H]1CC[C@@H]2C(CCO)C(=O)O. The zero-order valence-electron chi connectivity index (χ0n) is 19.8. The number of ether oxygens (including phenoxy) is 1. The predicted octanol–water partition coefficient (Wildman–Crippen LogP) is 5.46. The quantitative estimate of drug-likeness (QED) is 0.440. The molecular formula is C29H34O5. The third-order valence-corrected chi connectivity index (χ3v) is 9.23. The molecule has 0 aromatic heterocycles. The van der Waals surface area contributed by atoms with Crippen molar-refractivity contribution < 1.29 is 24.5 Å². The van der Waals surface area contributed by atoms with E-state index in [0.29, 0.717) is 35.5 Å². The summed E-state index contributed by atoms with van der Waals surface area (Å²) in [6, 6.07) is 15.2. The second kappa shape index (κ2) is 9.18. The van der Waals surface area contributed by atoms with Gasteiger partial charge >= 0.3 is 11.9 Å². The molecule has 3 aliphatic carbocycles. The van der Waals surface area contributed by atoms with E-state index in [2.05, 4.69) is 13.0 Å². The Balaban J connectivity index is 1.34. The number of hydrogen-bond donors (Lipinski definition) is 2. The minimum Gasteiger partial charge on any atom is -0.481 e. The van der Waals surface area contributed by atoms with E-state index in [4.69, 9.17) is 4.74 Å². The lowest BCUT2D eigenvalue weighted by Gasteiger charge is -2.51. The van der Waals surface area contributed by atoms with Crippen LogP contribution in [0, 0.1) is 29.1 Å². The van der Waals surface area contributed by atoms with E-state index in [0.717, 1.165) is 38.5 Å². The minimum atomic E-state index is -0.755. The molecule has 34 heavy (non-hydrogen) atoms. The molecule has 3 aliphatic rings. The summed E-state index contributed by atoms with van der Waals surface area (Å²) in [5, 5.41) is 19.3. The van der Waals surface area contributed by atoms with Gasteiger partial charge in [-0.1, -0.05) is 31.2 Å². The van der Waals surface area contributed by atoms with Crippen molar-refractivity contribution in [3.05, 3.63) is 65.2 Å². The van der Waals surface area contributed by atoms with Crippen LogP contribution in [0.1, 0.15) is 72.9 Å². The van der Waals surface area contributed by atoms with Crippen LogP contribution in [0.4, 0.5) is 0 Å². The van der Waals surface area contributed by atoms with E-state index >= 15 is 0 Å². The molecule has 0 spiro atoms. The highest BCUT2D eigenvalue weighted by Crippen LogP contribution is 2.64. The number of fused-ring (bicyclic) bond motifs is 5. The summed E-state index contributed by atoms with van der Waals surface area (Å²) in [6.45, 7) is 2.26. The van der Waals surface area contributed by atoms with Crippen molar-refractivity contribution in [2.75, 3.05) is 6.61 Å². The Kier molecular flexibility index (Phi) is 6.24. The standard InChI is InChI=1S/C29H34O5/c1-29-15-13-22-21-10-8-20(34-28(33)18-5-3-2-4-6-18)17-19(21)7-9-23(22)25(29)11-12-26(29)24(14-16-30)27(31)32/h2-6,8,10,17,22-26,30H,7,9,11-16H2,1H3,(H,31,32)/t22-,23-,24?,25+,26-,29+/m1/s1. The molecule has 2 N–H and O–H groups in total. The lowest BCUT2D eigenvalue weighted by Crippen LogP contribution is -2.45. The van der Waals surface area contributed by atoms with Crippen molar-refractivity contribution in [1.82, 2.24) is 0 Å². The molecule has 5 nitrogen and oxygen atoms in total. The van der Waals surface area contributed by atoms with Crippen LogP contribution in [0.5, 0.6) is 5.75 Å². The van der Waals surface area contributed by atoms with E-state index in [1.807, 2.05) is 30.3 Å². The fraction of sp³-hybridized carbons (Fsp3) is 0.517. The van der Waals surface area contributed by atoms with E-state index < -0.39 is 11.9 Å². The maximum absolute atomic E-state index is 12.5. The van der Waals surface area contributed by atoms with Crippen molar-refractivity contribution in [2.45, 2.75) is 57.8 Å². The first-order chi connectivity index (χ1) is 16.4. The number of rotatable bonds is 6. The second-order valence-electron chi connectivity index (χ2n) is 10.7. The van der Waals surface area contributed by atoms with Gasteiger partial charge in [-0.05, 0) is 109 Å². The molecule has 0 aliphatic heterocycles. The molecule has 0 heterocycles. The number of hydrogen-bond acceptors (Lipinski definition) is 4. The van der Waals surface area contributed by atoms with Crippen LogP contribution in [0.3, 0.4) is 0 Å². The van der Waals surface area contributed by atoms with Crippen LogP contribution in [0.25, 0.3) is 0 Å². The summed E-state index contributed by atoms with van der Waals surface area (Å²) in [6.07, 6.45) is 6.53. The fourth-order valence-corrected chi connectivity index (χ4v) is 7.70. The Morgan fingerprint density at radius 2 is 1.88 bits per heavy atom.